The van der Waals surface area contributed by atoms with E-state index in [4.69, 9.17) is 0 Å². The van der Waals surface area contributed by atoms with Crippen molar-refractivity contribution in [2.45, 2.75) is 6.92 Å². The highest BCUT2D eigenvalue weighted by Gasteiger charge is 2.12. The highest BCUT2D eigenvalue weighted by atomic mass is 16.1. The van der Waals surface area contributed by atoms with E-state index < -0.39 is 0 Å². The predicted molar refractivity (Wildman–Crippen MR) is 122 cm³/mol. The van der Waals surface area contributed by atoms with Crippen molar-refractivity contribution < 1.29 is 4.79 Å². The lowest BCUT2D eigenvalue weighted by atomic mass is 10.1. The number of hydrogen-bond acceptors (Lipinski definition) is 4. The van der Waals surface area contributed by atoms with Crippen LogP contribution < -0.4 is 10.9 Å². The van der Waals surface area contributed by atoms with Gasteiger partial charge in [-0.15, -0.1) is 0 Å². The zero-order valence-electron chi connectivity index (χ0n) is 16.7. The molecule has 0 saturated heterocycles. The van der Waals surface area contributed by atoms with Gasteiger partial charge in [-0.1, -0.05) is 30.3 Å². The Kier molecular flexibility index (Phi) is 4.52. The number of carbonyl (C=O) groups excluding carboxylic acids is 1. The van der Waals surface area contributed by atoms with Gasteiger partial charge in [0.25, 0.3) is 11.5 Å². The Morgan fingerprint density at radius 1 is 0.806 bits per heavy atom. The fourth-order valence-electron chi connectivity index (χ4n) is 3.63. The minimum absolute atomic E-state index is 0.138. The largest absolute Gasteiger partial charge is 0.307 e. The number of amides is 1. The summed E-state index contributed by atoms with van der Waals surface area (Å²) in [4.78, 5) is 34.6. The topological polar surface area (TPSA) is 76.9 Å². The number of fused-ring (bicyclic) bond motifs is 2. The summed E-state index contributed by atoms with van der Waals surface area (Å²) < 4.78 is 1.55. The first-order chi connectivity index (χ1) is 15.1. The molecule has 0 spiro atoms. The van der Waals surface area contributed by atoms with Gasteiger partial charge in [-0.05, 0) is 61.5 Å². The minimum atomic E-state index is -0.268. The van der Waals surface area contributed by atoms with Crippen LogP contribution >= 0.6 is 0 Å². The molecular weight excluding hydrogens is 388 g/mol. The molecule has 0 radical (unpaired) electrons. The van der Waals surface area contributed by atoms with Gasteiger partial charge in [-0.25, -0.2) is 9.97 Å². The van der Waals surface area contributed by atoms with Gasteiger partial charge in [0.05, 0.1) is 22.1 Å². The molecule has 6 nitrogen and oxygen atoms in total. The average molecular weight is 406 g/mol. The molecule has 2 heterocycles. The standard InChI is InChI=1S/C25H18N4O2/c1-16-26-22-9-5-3-7-20(22)25(31)29(16)19-13-10-18(11-14-19)24(30)28-23-15-12-17-6-2-4-8-21(17)27-23/h2-15H,1H3,(H,27,28,30). The number of aryl methyl sites for hydroxylation is 1. The molecule has 6 heteroatoms. The molecule has 0 bridgehead atoms. The molecule has 0 saturated carbocycles. The van der Waals surface area contributed by atoms with Crippen LogP contribution in [0.15, 0.2) is 89.7 Å². The zero-order valence-corrected chi connectivity index (χ0v) is 16.7. The summed E-state index contributed by atoms with van der Waals surface area (Å²) in [6.07, 6.45) is 0. The SMILES string of the molecule is Cc1nc2ccccc2c(=O)n1-c1ccc(C(=O)Nc2ccc3ccccc3n2)cc1. The number of carbonyl (C=O) groups is 1. The lowest BCUT2D eigenvalue weighted by Gasteiger charge is -2.11. The van der Waals surface area contributed by atoms with Crippen LogP contribution in [0.5, 0.6) is 0 Å². The Labute approximate surface area is 177 Å². The van der Waals surface area contributed by atoms with E-state index >= 15 is 0 Å². The Hall–Kier alpha value is -4.32. The monoisotopic (exact) mass is 406 g/mol. The quantitative estimate of drug-likeness (QED) is 0.479. The number of aromatic nitrogens is 3. The summed E-state index contributed by atoms with van der Waals surface area (Å²) in [6, 6.07) is 25.5. The molecule has 0 aliphatic rings. The molecule has 0 unspecified atom stereocenters. The molecular formula is C25H18N4O2. The van der Waals surface area contributed by atoms with Crippen LogP contribution in [0.3, 0.4) is 0 Å². The third kappa shape index (κ3) is 3.44. The van der Waals surface area contributed by atoms with Crippen LogP contribution in [0.25, 0.3) is 27.5 Å². The van der Waals surface area contributed by atoms with Gasteiger partial charge in [0.2, 0.25) is 0 Å². The summed E-state index contributed by atoms with van der Waals surface area (Å²) in [6.45, 7) is 1.79. The van der Waals surface area contributed by atoms with Gasteiger partial charge in [0.15, 0.2) is 0 Å². The van der Waals surface area contributed by atoms with E-state index in [0.717, 1.165) is 10.9 Å². The number of nitrogens with one attached hydrogen (secondary N) is 1. The van der Waals surface area contributed by atoms with E-state index in [9.17, 15) is 9.59 Å². The molecule has 150 valence electrons. The fourth-order valence-corrected chi connectivity index (χ4v) is 3.63. The Balaban J connectivity index is 1.44. The van der Waals surface area contributed by atoms with Crippen molar-refractivity contribution in [1.82, 2.24) is 14.5 Å². The fraction of sp³-hybridized carbons (Fsp3) is 0.0400. The van der Waals surface area contributed by atoms with Crippen LogP contribution in [0.2, 0.25) is 0 Å². The van der Waals surface area contributed by atoms with E-state index in [1.54, 1.807) is 47.9 Å². The first-order valence-corrected chi connectivity index (χ1v) is 9.86. The average Bonchev–Trinajstić information content (AvgIpc) is 2.79. The predicted octanol–water partition coefficient (Wildman–Crippen LogP) is 4.49. The van der Waals surface area contributed by atoms with Crippen molar-refractivity contribution in [2.75, 3.05) is 5.32 Å². The number of anilines is 1. The molecule has 5 aromatic rings. The molecule has 0 aliphatic carbocycles. The van der Waals surface area contributed by atoms with Crippen LogP contribution in [0, 0.1) is 6.92 Å². The summed E-state index contributed by atoms with van der Waals surface area (Å²) >= 11 is 0. The van der Waals surface area contributed by atoms with Crippen LogP contribution in [-0.2, 0) is 0 Å². The lowest BCUT2D eigenvalue weighted by Crippen LogP contribution is -2.22. The van der Waals surface area contributed by atoms with Crippen molar-refractivity contribution in [3.63, 3.8) is 0 Å². The maximum atomic E-state index is 13.0. The number of para-hydroxylation sites is 2. The summed E-state index contributed by atoms with van der Waals surface area (Å²) in [5, 5.41) is 4.39. The summed E-state index contributed by atoms with van der Waals surface area (Å²) in [5.41, 5.74) is 2.47. The molecule has 3 aromatic carbocycles. The first kappa shape index (κ1) is 18.7. The molecule has 31 heavy (non-hydrogen) atoms. The minimum Gasteiger partial charge on any atom is -0.307 e. The highest BCUT2D eigenvalue weighted by Crippen LogP contribution is 2.17. The lowest BCUT2D eigenvalue weighted by molar-refractivity contribution is 0.102. The number of rotatable bonds is 3. The van der Waals surface area contributed by atoms with E-state index in [1.165, 1.54) is 0 Å². The molecule has 1 amide bonds. The van der Waals surface area contributed by atoms with Gasteiger partial charge in [0, 0.05) is 10.9 Å². The number of hydrogen-bond donors (Lipinski definition) is 1. The maximum Gasteiger partial charge on any atom is 0.265 e. The third-order valence-corrected chi connectivity index (χ3v) is 5.17. The van der Waals surface area contributed by atoms with Crippen molar-refractivity contribution in [3.05, 3.63) is 107 Å². The van der Waals surface area contributed by atoms with Gasteiger partial charge in [0.1, 0.15) is 11.6 Å². The normalized spacial score (nSPS) is 11.0. The van der Waals surface area contributed by atoms with Gasteiger partial charge >= 0.3 is 0 Å². The Bertz CT molecular complexity index is 1500. The molecule has 0 fully saturated rings. The number of nitrogens with zero attached hydrogens (tertiary/aromatic N) is 3. The second kappa shape index (κ2) is 7.50. The van der Waals surface area contributed by atoms with Crippen LogP contribution in [0.1, 0.15) is 16.2 Å². The van der Waals surface area contributed by atoms with E-state index in [1.807, 2.05) is 48.5 Å². The summed E-state index contributed by atoms with van der Waals surface area (Å²) in [5.74, 6) is 0.801. The Morgan fingerprint density at radius 3 is 2.32 bits per heavy atom. The molecule has 0 atom stereocenters. The maximum absolute atomic E-state index is 13.0. The number of pyridine rings is 1. The van der Waals surface area contributed by atoms with Gasteiger partial charge in [-0.3, -0.25) is 14.2 Å². The second-order valence-corrected chi connectivity index (χ2v) is 7.21. The van der Waals surface area contributed by atoms with Crippen LogP contribution in [-0.4, -0.2) is 20.4 Å². The van der Waals surface area contributed by atoms with Gasteiger partial charge in [-0.2, -0.15) is 0 Å². The third-order valence-electron chi connectivity index (χ3n) is 5.17. The van der Waals surface area contributed by atoms with E-state index in [-0.39, 0.29) is 11.5 Å². The van der Waals surface area contributed by atoms with E-state index in [2.05, 4.69) is 15.3 Å². The molecule has 1 N–H and O–H groups in total. The smallest absolute Gasteiger partial charge is 0.265 e. The van der Waals surface area contributed by atoms with Crippen molar-refractivity contribution in [3.8, 4) is 5.69 Å². The van der Waals surface area contributed by atoms with E-state index in [0.29, 0.717) is 33.8 Å². The summed E-state index contributed by atoms with van der Waals surface area (Å²) in [7, 11) is 0. The molecule has 2 aromatic heterocycles. The molecule has 0 aliphatic heterocycles. The van der Waals surface area contributed by atoms with Crippen molar-refractivity contribution in [1.29, 1.82) is 0 Å². The second-order valence-electron chi connectivity index (χ2n) is 7.21. The Morgan fingerprint density at radius 2 is 1.52 bits per heavy atom. The van der Waals surface area contributed by atoms with Crippen molar-refractivity contribution >= 4 is 33.5 Å². The van der Waals surface area contributed by atoms with Gasteiger partial charge < -0.3 is 5.32 Å². The zero-order chi connectivity index (χ0) is 21.4. The van der Waals surface area contributed by atoms with Crippen LogP contribution in [0.4, 0.5) is 5.82 Å². The molecule has 5 rings (SSSR count). The first-order valence-electron chi connectivity index (χ1n) is 9.86. The highest BCUT2D eigenvalue weighted by molar-refractivity contribution is 6.04. The number of benzene rings is 3. The van der Waals surface area contributed by atoms with Crippen molar-refractivity contribution in [2.24, 2.45) is 0 Å².